The number of hydrogen-bond donors (Lipinski definition) is 1. The van der Waals surface area contributed by atoms with Crippen LogP contribution in [-0.4, -0.2) is 7.05 Å². The Labute approximate surface area is 99.6 Å². The molecule has 1 heterocycles. The van der Waals surface area contributed by atoms with Crippen LogP contribution in [0, 0.1) is 5.92 Å². The molecule has 1 unspecified atom stereocenters. The minimum Gasteiger partial charge on any atom is -0.458 e. The fraction of sp³-hybridized carbons (Fsp3) is 0.385. The van der Waals surface area contributed by atoms with Crippen LogP contribution < -0.4 is 5.32 Å². The van der Waals surface area contributed by atoms with E-state index in [4.69, 9.17) is 16.0 Å². The van der Waals surface area contributed by atoms with Crippen molar-refractivity contribution >= 4 is 22.6 Å². The van der Waals surface area contributed by atoms with Crippen molar-refractivity contribution in [3.05, 3.63) is 35.0 Å². The van der Waals surface area contributed by atoms with Crippen molar-refractivity contribution in [3.63, 3.8) is 0 Å². The normalized spacial score (nSPS) is 17.9. The Morgan fingerprint density at radius 1 is 1.44 bits per heavy atom. The molecule has 3 heteroatoms. The van der Waals surface area contributed by atoms with E-state index >= 15 is 0 Å². The highest BCUT2D eigenvalue weighted by Gasteiger charge is 2.33. The monoisotopic (exact) mass is 235 g/mol. The van der Waals surface area contributed by atoms with Crippen molar-refractivity contribution in [2.45, 2.75) is 18.9 Å². The molecular weight excluding hydrogens is 222 g/mol. The summed E-state index contributed by atoms with van der Waals surface area (Å²) in [4.78, 5) is 0. The van der Waals surface area contributed by atoms with Crippen LogP contribution in [0.2, 0.25) is 5.02 Å². The number of hydrogen-bond acceptors (Lipinski definition) is 2. The van der Waals surface area contributed by atoms with Gasteiger partial charge < -0.3 is 9.73 Å². The van der Waals surface area contributed by atoms with Crippen LogP contribution in [0.15, 0.2) is 28.7 Å². The van der Waals surface area contributed by atoms with Gasteiger partial charge in [0.1, 0.15) is 5.76 Å². The lowest BCUT2D eigenvalue weighted by Crippen LogP contribution is -2.17. The van der Waals surface area contributed by atoms with Crippen molar-refractivity contribution < 1.29 is 4.42 Å². The molecule has 1 aliphatic rings. The first-order valence-corrected chi connectivity index (χ1v) is 6.02. The van der Waals surface area contributed by atoms with Crippen LogP contribution in [0.25, 0.3) is 11.0 Å². The van der Waals surface area contributed by atoms with E-state index in [-0.39, 0.29) is 0 Å². The number of para-hydroxylation sites is 1. The van der Waals surface area contributed by atoms with Gasteiger partial charge in [0.25, 0.3) is 0 Å². The Morgan fingerprint density at radius 2 is 2.25 bits per heavy atom. The van der Waals surface area contributed by atoms with Gasteiger partial charge in [-0.1, -0.05) is 23.7 Å². The molecule has 84 valence electrons. The van der Waals surface area contributed by atoms with Gasteiger partial charge in [-0.3, -0.25) is 0 Å². The molecule has 2 aromatic rings. The molecule has 3 rings (SSSR count). The summed E-state index contributed by atoms with van der Waals surface area (Å²) in [6, 6.07) is 8.29. The van der Waals surface area contributed by atoms with Gasteiger partial charge in [-0.05, 0) is 37.9 Å². The second kappa shape index (κ2) is 3.79. The molecule has 2 nitrogen and oxygen atoms in total. The lowest BCUT2D eigenvalue weighted by atomic mass is 10.1. The van der Waals surface area contributed by atoms with Gasteiger partial charge in [-0.2, -0.15) is 0 Å². The third-order valence-corrected chi connectivity index (χ3v) is 3.52. The van der Waals surface area contributed by atoms with Gasteiger partial charge in [0.2, 0.25) is 0 Å². The molecular formula is C13H14ClNO. The standard InChI is InChI=1S/C13H14ClNO/c1-15-12(8-5-6-8)11-7-9-3-2-4-10(14)13(9)16-11/h2-4,7-8,12,15H,5-6H2,1H3. The Balaban J connectivity index is 2.06. The first-order chi connectivity index (χ1) is 7.79. The van der Waals surface area contributed by atoms with Gasteiger partial charge in [-0.25, -0.2) is 0 Å². The van der Waals surface area contributed by atoms with Crippen LogP contribution in [0.4, 0.5) is 0 Å². The van der Waals surface area contributed by atoms with Gasteiger partial charge >= 0.3 is 0 Å². The van der Waals surface area contributed by atoms with Gasteiger partial charge in [0.05, 0.1) is 11.1 Å². The number of rotatable bonds is 3. The minimum absolute atomic E-state index is 0.337. The van der Waals surface area contributed by atoms with E-state index in [0.29, 0.717) is 11.1 Å². The predicted molar refractivity (Wildman–Crippen MR) is 65.7 cm³/mol. The highest BCUT2D eigenvalue weighted by molar-refractivity contribution is 6.34. The molecule has 0 spiro atoms. The summed E-state index contributed by atoms with van der Waals surface area (Å²) in [5.41, 5.74) is 0.806. The first-order valence-electron chi connectivity index (χ1n) is 5.65. The average Bonchev–Trinajstić information content (AvgIpc) is 2.99. The number of halogens is 1. The summed E-state index contributed by atoms with van der Waals surface area (Å²) in [5.74, 6) is 1.73. The van der Waals surface area contributed by atoms with Crippen molar-refractivity contribution in [3.8, 4) is 0 Å². The van der Waals surface area contributed by atoms with E-state index in [0.717, 1.165) is 22.6 Å². The van der Waals surface area contributed by atoms with Crippen molar-refractivity contribution in [1.82, 2.24) is 5.32 Å². The van der Waals surface area contributed by atoms with Crippen LogP contribution in [-0.2, 0) is 0 Å². The highest BCUT2D eigenvalue weighted by Crippen LogP contribution is 2.42. The smallest absolute Gasteiger partial charge is 0.152 e. The Morgan fingerprint density at radius 3 is 2.88 bits per heavy atom. The van der Waals surface area contributed by atoms with Crippen molar-refractivity contribution in [2.24, 2.45) is 5.92 Å². The maximum Gasteiger partial charge on any atom is 0.152 e. The summed E-state index contributed by atoms with van der Waals surface area (Å²) in [6.45, 7) is 0. The number of fused-ring (bicyclic) bond motifs is 1. The van der Waals surface area contributed by atoms with Crippen molar-refractivity contribution in [2.75, 3.05) is 7.05 Å². The second-order valence-corrected chi connectivity index (χ2v) is 4.82. The van der Waals surface area contributed by atoms with E-state index in [9.17, 15) is 0 Å². The molecule has 1 aliphatic carbocycles. The molecule has 1 atom stereocenters. The Bertz CT molecular complexity index is 516. The summed E-state index contributed by atoms with van der Waals surface area (Å²) < 4.78 is 5.86. The second-order valence-electron chi connectivity index (χ2n) is 4.41. The predicted octanol–water partition coefficient (Wildman–Crippen LogP) is 3.76. The molecule has 1 N–H and O–H groups in total. The summed E-state index contributed by atoms with van der Waals surface area (Å²) in [5, 5.41) is 5.10. The molecule has 0 aliphatic heterocycles. The molecule has 0 radical (unpaired) electrons. The molecule has 0 saturated heterocycles. The van der Waals surface area contributed by atoms with Crippen LogP contribution in [0.1, 0.15) is 24.6 Å². The summed E-state index contributed by atoms with van der Waals surface area (Å²) in [6.07, 6.45) is 2.58. The number of benzene rings is 1. The number of nitrogens with one attached hydrogen (secondary N) is 1. The zero-order valence-corrected chi connectivity index (χ0v) is 9.92. The fourth-order valence-electron chi connectivity index (χ4n) is 2.24. The molecule has 1 aromatic heterocycles. The third-order valence-electron chi connectivity index (χ3n) is 3.23. The van der Waals surface area contributed by atoms with E-state index < -0.39 is 0 Å². The SMILES string of the molecule is CNC(c1cc2cccc(Cl)c2o1)C1CC1. The topological polar surface area (TPSA) is 25.2 Å². The van der Waals surface area contributed by atoms with Crippen LogP contribution >= 0.6 is 11.6 Å². The zero-order chi connectivity index (χ0) is 11.1. The van der Waals surface area contributed by atoms with Crippen LogP contribution in [0.3, 0.4) is 0 Å². The molecule has 1 fully saturated rings. The minimum atomic E-state index is 0.337. The Hall–Kier alpha value is -0.990. The largest absolute Gasteiger partial charge is 0.458 e. The van der Waals surface area contributed by atoms with Crippen molar-refractivity contribution in [1.29, 1.82) is 0 Å². The van der Waals surface area contributed by atoms with Crippen LogP contribution in [0.5, 0.6) is 0 Å². The van der Waals surface area contributed by atoms with E-state index in [1.807, 2.05) is 25.2 Å². The van der Waals surface area contributed by atoms with Gasteiger partial charge in [0, 0.05) is 5.39 Å². The average molecular weight is 236 g/mol. The summed E-state index contributed by atoms with van der Waals surface area (Å²) >= 11 is 6.10. The maximum atomic E-state index is 6.10. The first kappa shape index (κ1) is 10.2. The molecule has 16 heavy (non-hydrogen) atoms. The lowest BCUT2D eigenvalue weighted by Gasteiger charge is -2.11. The highest BCUT2D eigenvalue weighted by atomic mass is 35.5. The third kappa shape index (κ3) is 1.62. The van der Waals surface area contributed by atoms with Gasteiger partial charge in [-0.15, -0.1) is 0 Å². The van der Waals surface area contributed by atoms with E-state index in [1.165, 1.54) is 12.8 Å². The molecule has 1 aromatic carbocycles. The number of furan rings is 1. The maximum absolute atomic E-state index is 6.10. The fourth-order valence-corrected chi connectivity index (χ4v) is 2.46. The van der Waals surface area contributed by atoms with Gasteiger partial charge in [0.15, 0.2) is 5.58 Å². The molecule has 1 saturated carbocycles. The zero-order valence-electron chi connectivity index (χ0n) is 9.16. The molecule has 0 bridgehead atoms. The summed E-state index contributed by atoms with van der Waals surface area (Å²) in [7, 11) is 1.98. The van der Waals surface area contributed by atoms with E-state index in [1.54, 1.807) is 0 Å². The molecule has 0 amide bonds. The Kier molecular flexibility index (Phi) is 2.41. The van der Waals surface area contributed by atoms with E-state index in [2.05, 4.69) is 11.4 Å². The quantitative estimate of drug-likeness (QED) is 0.877. The lowest BCUT2D eigenvalue weighted by molar-refractivity contribution is 0.419.